The van der Waals surface area contributed by atoms with E-state index in [0.29, 0.717) is 6.54 Å². The summed E-state index contributed by atoms with van der Waals surface area (Å²) in [7, 11) is 0. The maximum Gasteiger partial charge on any atom is 0.0663 e. The molecule has 3 N–H and O–H groups in total. The molecule has 1 rings (SSSR count). The summed E-state index contributed by atoms with van der Waals surface area (Å²) >= 11 is 3.43. The Hall–Kier alpha value is -0.820. The van der Waals surface area contributed by atoms with Gasteiger partial charge in [-0.15, -0.1) is 6.42 Å². The highest BCUT2D eigenvalue weighted by Gasteiger charge is 2.11. The van der Waals surface area contributed by atoms with Crippen LogP contribution in [0.4, 0.5) is 0 Å². The molecule has 80 valence electrons. The van der Waals surface area contributed by atoms with Gasteiger partial charge in [-0.25, -0.2) is 0 Å². The third kappa shape index (κ3) is 3.67. The molecule has 0 saturated heterocycles. The molecule has 0 fully saturated rings. The molecule has 0 saturated carbocycles. The fraction of sp³-hybridized carbons (Fsp3) is 0.333. The van der Waals surface area contributed by atoms with Crippen molar-refractivity contribution in [3.63, 3.8) is 0 Å². The zero-order valence-corrected chi connectivity index (χ0v) is 10.3. The van der Waals surface area contributed by atoms with E-state index in [0.717, 1.165) is 10.0 Å². The summed E-state index contributed by atoms with van der Waals surface area (Å²) in [5.74, 6) is 2.64. The second-order valence-electron chi connectivity index (χ2n) is 3.40. The Morgan fingerprint density at radius 2 is 2.33 bits per heavy atom. The van der Waals surface area contributed by atoms with Gasteiger partial charge in [0.05, 0.1) is 6.04 Å². The van der Waals surface area contributed by atoms with Crippen LogP contribution in [0.25, 0.3) is 0 Å². The molecule has 3 heteroatoms. The quantitative estimate of drug-likeness (QED) is 0.819. The number of hydrogen-bond donors (Lipinski definition) is 2. The second kappa shape index (κ2) is 5.92. The monoisotopic (exact) mass is 266 g/mol. The molecule has 0 aromatic heterocycles. The number of nitrogens with two attached hydrogens (primary N) is 1. The van der Waals surface area contributed by atoms with E-state index in [4.69, 9.17) is 12.2 Å². The average molecular weight is 267 g/mol. The summed E-state index contributed by atoms with van der Waals surface area (Å²) in [5.41, 5.74) is 6.86. The van der Waals surface area contributed by atoms with Gasteiger partial charge in [-0.1, -0.05) is 34.0 Å². The molecule has 0 aliphatic carbocycles. The number of benzene rings is 1. The normalized spacial score (nSPS) is 14.3. The standard InChI is InChI=1S/C12H15BrN2/c1-3-9(2)15-12(8-14)10-5-4-6-11(13)7-10/h1,4-7,9,12,15H,8,14H2,2H3. The van der Waals surface area contributed by atoms with Crippen LogP contribution in [0.15, 0.2) is 28.7 Å². The van der Waals surface area contributed by atoms with Crippen molar-refractivity contribution < 1.29 is 0 Å². The minimum Gasteiger partial charge on any atom is -0.329 e. The van der Waals surface area contributed by atoms with Crippen LogP contribution in [-0.4, -0.2) is 12.6 Å². The molecule has 0 radical (unpaired) electrons. The van der Waals surface area contributed by atoms with Crippen LogP contribution in [-0.2, 0) is 0 Å². The van der Waals surface area contributed by atoms with E-state index in [1.54, 1.807) is 0 Å². The summed E-state index contributed by atoms with van der Waals surface area (Å²) in [4.78, 5) is 0. The van der Waals surface area contributed by atoms with E-state index in [-0.39, 0.29) is 12.1 Å². The van der Waals surface area contributed by atoms with Crippen molar-refractivity contribution in [3.05, 3.63) is 34.3 Å². The number of rotatable bonds is 4. The molecule has 2 nitrogen and oxygen atoms in total. The molecule has 1 aromatic rings. The smallest absolute Gasteiger partial charge is 0.0663 e. The Morgan fingerprint density at radius 1 is 1.60 bits per heavy atom. The van der Waals surface area contributed by atoms with Crippen molar-refractivity contribution >= 4 is 15.9 Å². The Labute approximate surface area is 99.4 Å². The fourth-order valence-corrected chi connectivity index (χ4v) is 1.79. The Balaban J connectivity index is 2.79. The highest BCUT2D eigenvalue weighted by Crippen LogP contribution is 2.17. The Kier molecular flexibility index (Phi) is 4.83. The first kappa shape index (κ1) is 12.3. The maximum atomic E-state index is 5.71. The molecule has 0 heterocycles. The van der Waals surface area contributed by atoms with Crippen LogP contribution in [0, 0.1) is 12.3 Å². The number of nitrogens with one attached hydrogen (secondary N) is 1. The van der Waals surface area contributed by atoms with E-state index >= 15 is 0 Å². The van der Waals surface area contributed by atoms with Crippen LogP contribution in [0.2, 0.25) is 0 Å². The second-order valence-corrected chi connectivity index (χ2v) is 4.31. The molecule has 0 aliphatic heterocycles. The van der Waals surface area contributed by atoms with Gasteiger partial charge >= 0.3 is 0 Å². The zero-order valence-electron chi connectivity index (χ0n) is 8.70. The number of halogens is 1. The lowest BCUT2D eigenvalue weighted by Gasteiger charge is -2.19. The van der Waals surface area contributed by atoms with Crippen LogP contribution < -0.4 is 11.1 Å². The number of hydrogen-bond acceptors (Lipinski definition) is 2. The summed E-state index contributed by atoms with van der Waals surface area (Å²) in [6, 6.07) is 8.20. The number of terminal acetylenes is 1. The summed E-state index contributed by atoms with van der Waals surface area (Å²) in [6.45, 7) is 2.48. The van der Waals surface area contributed by atoms with Gasteiger partial charge in [-0.05, 0) is 24.6 Å². The average Bonchev–Trinajstić information content (AvgIpc) is 2.25. The van der Waals surface area contributed by atoms with Crippen molar-refractivity contribution in [2.45, 2.75) is 19.0 Å². The van der Waals surface area contributed by atoms with Gasteiger partial charge in [0.1, 0.15) is 0 Å². The molecule has 0 spiro atoms. The molecule has 0 bridgehead atoms. The van der Waals surface area contributed by atoms with Crippen molar-refractivity contribution in [1.29, 1.82) is 0 Å². The fourth-order valence-electron chi connectivity index (χ4n) is 1.37. The molecule has 1 aromatic carbocycles. The van der Waals surface area contributed by atoms with E-state index in [2.05, 4.69) is 27.2 Å². The van der Waals surface area contributed by atoms with Gasteiger partial charge in [-0.3, -0.25) is 5.32 Å². The van der Waals surface area contributed by atoms with Crippen molar-refractivity contribution in [2.24, 2.45) is 5.73 Å². The molecular weight excluding hydrogens is 252 g/mol. The summed E-state index contributed by atoms with van der Waals surface area (Å²) < 4.78 is 1.05. The minimum atomic E-state index is 0.0255. The van der Waals surface area contributed by atoms with Gasteiger partial charge in [-0.2, -0.15) is 0 Å². The van der Waals surface area contributed by atoms with E-state index < -0.39 is 0 Å². The lowest BCUT2D eigenvalue weighted by molar-refractivity contribution is 0.518. The lowest BCUT2D eigenvalue weighted by atomic mass is 10.1. The lowest BCUT2D eigenvalue weighted by Crippen LogP contribution is -2.34. The van der Waals surface area contributed by atoms with Crippen LogP contribution in [0.1, 0.15) is 18.5 Å². The summed E-state index contributed by atoms with van der Waals surface area (Å²) in [5, 5.41) is 3.28. The molecule has 15 heavy (non-hydrogen) atoms. The largest absolute Gasteiger partial charge is 0.329 e. The van der Waals surface area contributed by atoms with Crippen LogP contribution in [0.3, 0.4) is 0 Å². The van der Waals surface area contributed by atoms with E-state index in [1.165, 1.54) is 0 Å². The minimum absolute atomic E-state index is 0.0255. The SMILES string of the molecule is C#CC(C)NC(CN)c1cccc(Br)c1. The third-order valence-corrected chi connectivity index (χ3v) is 2.68. The van der Waals surface area contributed by atoms with Crippen LogP contribution in [0.5, 0.6) is 0 Å². The van der Waals surface area contributed by atoms with Crippen molar-refractivity contribution in [2.75, 3.05) is 6.54 Å². The first-order valence-electron chi connectivity index (χ1n) is 4.85. The van der Waals surface area contributed by atoms with Crippen LogP contribution >= 0.6 is 15.9 Å². The summed E-state index contributed by atoms with van der Waals surface area (Å²) in [6.07, 6.45) is 5.32. The third-order valence-electron chi connectivity index (χ3n) is 2.19. The highest BCUT2D eigenvalue weighted by atomic mass is 79.9. The van der Waals surface area contributed by atoms with Gasteiger partial charge in [0.2, 0.25) is 0 Å². The first-order chi connectivity index (χ1) is 7.17. The Bertz CT molecular complexity index is 357. The first-order valence-corrected chi connectivity index (χ1v) is 5.64. The topological polar surface area (TPSA) is 38.0 Å². The van der Waals surface area contributed by atoms with Crippen molar-refractivity contribution in [1.82, 2.24) is 5.32 Å². The van der Waals surface area contributed by atoms with Gasteiger partial charge in [0, 0.05) is 17.1 Å². The van der Waals surface area contributed by atoms with Gasteiger partial charge in [0.15, 0.2) is 0 Å². The zero-order chi connectivity index (χ0) is 11.3. The highest BCUT2D eigenvalue weighted by molar-refractivity contribution is 9.10. The molecule has 2 atom stereocenters. The van der Waals surface area contributed by atoms with Crippen molar-refractivity contribution in [3.8, 4) is 12.3 Å². The molecule has 0 amide bonds. The maximum absolute atomic E-state index is 5.71. The Morgan fingerprint density at radius 3 is 2.87 bits per heavy atom. The molecular formula is C12H15BrN2. The molecule has 2 unspecified atom stereocenters. The van der Waals surface area contributed by atoms with Gasteiger partial charge < -0.3 is 5.73 Å². The predicted octanol–water partition coefficient (Wildman–Crippen LogP) is 2.06. The van der Waals surface area contributed by atoms with E-state index in [9.17, 15) is 0 Å². The predicted molar refractivity (Wildman–Crippen MR) is 67.4 cm³/mol. The molecule has 0 aliphatic rings. The van der Waals surface area contributed by atoms with Gasteiger partial charge in [0.25, 0.3) is 0 Å². The van der Waals surface area contributed by atoms with E-state index in [1.807, 2.05) is 31.2 Å².